The minimum atomic E-state index is -1.30. The van der Waals surface area contributed by atoms with Crippen LogP contribution >= 0.6 is 0 Å². The van der Waals surface area contributed by atoms with Gasteiger partial charge < -0.3 is 25.4 Å². The number of hydrogen-bond acceptors (Lipinski definition) is 5. The summed E-state index contributed by atoms with van der Waals surface area (Å²) < 4.78 is 4.91. The summed E-state index contributed by atoms with van der Waals surface area (Å²) in [4.78, 5) is 10.7. The summed E-state index contributed by atoms with van der Waals surface area (Å²) in [6, 6.07) is -0.987. The van der Waals surface area contributed by atoms with Gasteiger partial charge in [-0.2, -0.15) is 0 Å². The fourth-order valence-electron chi connectivity index (χ4n) is 1.44. The van der Waals surface area contributed by atoms with Gasteiger partial charge in [-0.3, -0.25) is 4.79 Å². The highest BCUT2D eigenvalue weighted by Crippen LogP contribution is 2.19. The Hall–Kier alpha value is -0.690. The molecule has 1 amide bonds. The van der Waals surface area contributed by atoms with Gasteiger partial charge in [0.15, 0.2) is 6.29 Å². The molecule has 1 aliphatic rings. The highest BCUT2D eigenvalue weighted by molar-refractivity contribution is 5.73. The van der Waals surface area contributed by atoms with Crippen molar-refractivity contribution in [2.75, 3.05) is 0 Å². The zero-order chi connectivity index (χ0) is 10.9. The van der Waals surface area contributed by atoms with E-state index in [9.17, 15) is 20.1 Å². The second-order valence-corrected chi connectivity index (χ2v) is 3.44. The number of carbonyl (C=O) groups excluding carboxylic acids is 1. The zero-order valence-corrected chi connectivity index (χ0v) is 8.04. The number of nitrogens with one attached hydrogen (secondary N) is 1. The summed E-state index contributed by atoms with van der Waals surface area (Å²) in [6.45, 7) is 2.78. The predicted octanol–water partition coefficient (Wildman–Crippen LogP) is -2.05. The molecule has 82 valence electrons. The number of hydrogen-bond donors (Lipinski definition) is 4. The fourth-order valence-corrected chi connectivity index (χ4v) is 1.44. The van der Waals surface area contributed by atoms with E-state index >= 15 is 0 Å². The van der Waals surface area contributed by atoms with Crippen molar-refractivity contribution >= 4 is 5.91 Å². The Balaban J connectivity index is 2.68. The van der Waals surface area contributed by atoms with Crippen molar-refractivity contribution in [2.24, 2.45) is 0 Å². The lowest BCUT2D eigenvalue weighted by Crippen LogP contribution is -2.62. The fraction of sp³-hybridized carbons (Fsp3) is 0.875. The van der Waals surface area contributed by atoms with Crippen LogP contribution in [0.1, 0.15) is 13.8 Å². The van der Waals surface area contributed by atoms with Crippen molar-refractivity contribution in [3.63, 3.8) is 0 Å². The standard InChI is InChI=1S/C8H15NO5/c1-3-6(11)7(12)5(8(13)14-3)9-4(2)10/h3,5-8,11-13H,1-2H3,(H,9,10)/t3-,5+,6-,7+,8+/m0/s1. The van der Waals surface area contributed by atoms with Crippen molar-refractivity contribution in [3.05, 3.63) is 0 Å². The maximum Gasteiger partial charge on any atom is 0.217 e. The molecule has 0 saturated carbocycles. The van der Waals surface area contributed by atoms with Crippen LogP contribution < -0.4 is 5.32 Å². The SMILES string of the molecule is CC(=O)N[C@@H]1[C@@H](O)[C@@H](O)[C@H](C)O[C@H]1O. The first kappa shape index (κ1) is 11.4. The second kappa shape index (κ2) is 4.22. The minimum Gasteiger partial charge on any atom is -0.388 e. The van der Waals surface area contributed by atoms with Crippen molar-refractivity contribution in [1.29, 1.82) is 0 Å². The number of ether oxygens (including phenoxy) is 1. The number of amides is 1. The van der Waals surface area contributed by atoms with Crippen LogP contribution in [0.5, 0.6) is 0 Å². The second-order valence-electron chi connectivity index (χ2n) is 3.44. The van der Waals surface area contributed by atoms with Gasteiger partial charge in [0.25, 0.3) is 0 Å². The monoisotopic (exact) mass is 205 g/mol. The summed E-state index contributed by atoms with van der Waals surface area (Å²) >= 11 is 0. The topological polar surface area (TPSA) is 99.0 Å². The molecule has 1 heterocycles. The van der Waals surface area contributed by atoms with Gasteiger partial charge in [0, 0.05) is 6.92 Å². The van der Waals surface area contributed by atoms with Gasteiger partial charge in [-0.25, -0.2) is 0 Å². The predicted molar refractivity (Wildman–Crippen MR) is 46.2 cm³/mol. The Morgan fingerprint density at radius 2 is 1.86 bits per heavy atom. The Labute approximate surface area is 81.5 Å². The smallest absolute Gasteiger partial charge is 0.217 e. The number of carbonyl (C=O) groups is 1. The van der Waals surface area contributed by atoms with Crippen LogP contribution in [0.3, 0.4) is 0 Å². The van der Waals surface area contributed by atoms with E-state index in [0.29, 0.717) is 0 Å². The van der Waals surface area contributed by atoms with E-state index in [1.54, 1.807) is 0 Å². The average molecular weight is 205 g/mol. The van der Waals surface area contributed by atoms with Crippen LogP contribution in [0.25, 0.3) is 0 Å². The molecule has 0 unspecified atom stereocenters. The highest BCUT2D eigenvalue weighted by Gasteiger charge is 2.42. The van der Waals surface area contributed by atoms with E-state index in [1.165, 1.54) is 13.8 Å². The van der Waals surface area contributed by atoms with Gasteiger partial charge in [0.05, 0.1) is 6.10 Å². The maximum absolute atomic E-state index is 10.7. The molecule has 6 nitrogen and oxygen atoms in total. The van der Waals surface area contributed by atoms with E-state index < -0.39 is 36.6 Å². The van der Waals surface area contributed by atoms with E-state index in [-0.39, 0.29) is 0 Å². The van der Waals surface area contributed by atoms with Crippen LogP contribution in [-0.4, -0.2) is 51.9 Å². The third-order valence-electron chi connectivity index (χ3n) is 2.23. The number of aliphatic hydroxyl groups is 3. The molecule has 0 aromatic carbocycles. The molecular weight excluding hydrogens is 190 g/mol. The summed E-state index contributed by atoms with van der Waals surface area (Å²) in [5.74, 6) is -0.404. The zero-order valence-electron chi connectivity index (χ0n) is 8.04. The van der Waals surface area contributed by atoms with Crippen molar-refractivity contribution in [1.82, 2.24) is 5.32 Å². The summed E-state index contributed by atoms with van der Waals surface area (Å²) in [7, 11) is 0. The molecule has 1 fully saturated rings. The van der Waals surface area contributed by atoms with E-state index in [1.807, 2.05) is 0 Å². The molecule has 0 bridgehead atoms. The minimum absolute atomic E-state index is 0.404. The van der Waals surface area contributed by atoms with Gasteiger partial charge in [-0.1, -0.05) is 0 Å². The summed E-state index contributed by atoms with van der Waals surface area (Å²) in [5, 5.41) is 30.6. The third kappa shape index (κ3) is 2.21. The summed E-state index contributed by atoms with van der Waals surface area (Å²) in [5.41, 5.74) is 0. The molecule has 0 spiro atoms. The van der Waals surface area contributed by atoms with Crippen LogP contribution in [-0.2, 0) is 9.53 Å². The first-order valence-corrected chi connectivity index (χ1v) is 4.40. The van der Waals surface area contributed by atoms with Crippen LogP contribution in [0.4, 0.5) is 0 Å². The Kier molecular flexibility index (Phi) is 3.43. The lowest BCUT2D eigenvalue weighted by atomic mass is 9.98. The lowest BCUT2D eigenvalue weighted by molar-refractivity contribution is -0.242. The van der Waals surface area contributed by atoms with Gasteiger partial charge in [-0.05, 0) is 6.92 Å². The normalized spacial score (nSPS) is 43.4. The maximum atomic E-state index is 10.7. The van der Waals surface area contributed by atoms with E-state index in [0.717, 1.165) is 0 Å². The van der Waals surface area contributed by atoms with Crippen LogP contribution in [0.15, 0.2) is 0 Å². The number of aliphatic hydroxyl groups excluding tert-OH is 3. The molecule has 0 radical (unpaired) electrons. The molecule has 0 aliphatic carbocycles. The van der Waals surface area contributed by atoms with E-state index in [4.69, 9.17) is 4.74 Å². The molecule has 6 heteroatoms. The Bertz CT molecular complexity index is 222. The molecule has 1 rings (SSSR count). The van der Waals surface area contributed by atoms with Crippen molar-refractivity contribution < 1.29 is 24.9 Å². The van der Waals surface area contributed by atoms with Crippen LogP contribution in [0.2, 0.25) is 0 Å². The van der Waals surface area contributed by atoms with Crippen molar-refractivity contribution in [3.8, 4) is 0 Å². The molecule has 5 atom stereocenters. The Morgan fingerprint density at radius 3 is 2.36 bits per heavy atom. The first-order valence-electron chi connectivity index (χ1n) is 4.40. The van der Waals surface area contributed by atoms with Gasteiger partial charge >= 0.3 is 0 Å². The molecular formula is C8H15NO5. The molecule has 1 saturated heterocycles. The molecule has 14 heavy (non-hydrogen) atoms. The van der Waals surface area contributed by atoms with Gasteiger partial charge in [0.2, 0.25) is 5.91 Å². The molecule has 1 aliphatic heterocycles. The molecule has 0 aromatic heterocycles. The third-order valence-corrected chi connectivity index (χ3v) is 2.23. The molecule has 4 N–H and O–H groups in total. The average Bonchev–Trinajstić information content (AvgIpc) is 2.09. The first-order chi connectivity index (χ1) is 6.43. The quantitative estimate of drug-likeness (QED) is 0.395. The van der Waals surface area contributed by atoms with Gasteiger partial charge in [0.1, 0.15) is 18.2 Å². The summed E-state index contributed by atoms with van der Waals surface area (Å²) in [6.07, 6.45) is -4.30. The van der Waals surface area contributed by atoms with E-state index in [2.05, 4.69) is 5.32 Å². The lowest BCUT2D eigenvalue weighted by Gasteiger charge is -2.39. The van der Waals surface area contributed by atoms with Gasteiger partial charge in [-0.15, -0.1) is 0 Å². The largest absolute Gasteiger partial charge is 0.388 e. The Morgan fingerprint density at radius 1 is 1.29 bits per heavy atom. The highest BCUT2D eigenvalue weighted by atomic mass is 16.6. The number of rotatable bonds is 1. The van der Waals surface area contributed by atoms with Crippen LogP contribution in [0, 0.1) is 0 Å². The molecule has 0 aromatic rings. The van der Waals surface area contributed by atoms with Crippen molar-refractivity contribution in [2.45, 2.75) is 44.5 Å².